The average molecular weight is 383 g/mol. The van der Waals surface area contributed by atoms with Crippen LogP contribution >= 0.6 is 11.8 Å². The number of carbonyl (C=O) groups is 1. The van der Waals surface area contributed by atoms with Crippen LogP contribution in [0.3, 0.4) is 0 Å². The van der Waals surface area contributed by atoms with Gasteiger partial charge in [0.25, 0.3) is 0 Å². The van der Waals surface area contributed by atoms with E-state index in [-0.39, 0.29) is 16.6 Å². The molecule has 2 N–H and O–H groups in total. The van der Waals surface area contributed by atoms with Crippen molar-refractivity contribution in [1.29, 1.82) is 0 Å². The number of carbonyl (C=O) groups excluding carboxylic acids is 1. The average Bonchev–Trinajstić information content (AvgIpc) is 2.94. The molecule has 0 bridgehead atoms. The largest absolute Gasteiger partial charge is 0.325 e. The van der Waals surface area contributed by atoms with Crippen molar-refractivity contribution in [3.05, 3.63) is 29.6 Å². The van der Waals surface area contributed by atoms with Gasteiger partial charge in [-0.2, -0.15) is 0 Å². The number of hydrogen-bond acceptors (Lipinski definition) is 6. The van der Waals surface area contributed by atoms with Crippen LogP contribution in [0, 0.1) is 6.92 Å². The summed E-state index contributed by atoms with van der Waals surface area (Å²) in [6.45, 7) is 3.68. The zero-order valence-electron chi connectivity index (χ0n) is 14.5. The molecule has 0 aliphatic heterocycles. The van der Waals surface area contributed by atoms with E-state index in [4.69, 9.17) is 0 Å². The molecule has 0 radical (unpaired) electrons. The fraction of sp³-hybridized carbons (Fsp3) is 0.400. The molecule has 0 saturated heterocycles. The number of nitrogens with zero attached hydrogens (tertiary/aromatic N) is 3. The number of benzene rings is 1. The Labute approximate surface area is 151 Å². The van der Waals surface area contributed by atoms with Crippen LogP contribution in [0.1, 0.15) is 18.3 Å². The number of thioether (sulfide) groups is 1. The predicted octanol–water partition coefficient (Wildman–Crippen LogP) is 1.32. The van der Waals surface area contributed by atoms with Gasteiger partial charge in [-0.05, 0) is 31.7 Å². The fourth-order valence-corrected chi connectivity index (χ4v) is 3.91. The number of hydrogen-bond donors (Lipinski definition) is 2. The van der Waals surface area contributed by atoms with E-state index in [0.717, 1.165) is 12.2 Å². The molecule has 0 aliphatic rings. The van der Waals surface area contributed by atoms with E-state index in [1.54, 1.807) is 19.1 Å². The van der Waals surface area contributed by atoms with Gasteiger partial charge < -0.3 is 9.88 Å². The Bertz CT molecular complexity index is 877. The Kier molecular flexibility index (Phi) is 6.20. The minimum absolute atomic E-state index is 0.140. The SMILES string of the molecule is CCc1nnc(SCC(=O)Nc2ccc(C)c(S(=O)(=O)NC)c2)n1C. The van der Waals surface area contributed by atoms with E-state index in [0.29, 0.717) is 16.4 Å². The van der Waals surface area contributed by atoms with Crippen molar-refractivity contribution >= 4 is 33.4 Å². The van der Waals surface area contributed by atoms with Crippen molar-refractivity contribution < 1.29 is 13.2 Å². The Hall–Kier alpha value is -1.91. The van der Waals surface area contributed by atoms with Crippen molar-refractivity contribution in [1.82, 2.24) is 19.5 Å². The zero-order chi connectivity index (χ0) is 18.6. The molecule has 8 nitrogen and oxygen atoms in total. The van der Waals surface area contributed by atoms with E-state index >= 15 is 0 Å². The molecule has 1 aromatic heterocycles. The van der Waals surface area contributed by atoms with Crippen LogP contribution < -0.4 is 10.0 Å². The number of aromatic nitrogens is 3. The van der Waals surface area contributed by atoms with Gasteiger partial charge in [-0.25, -0.2) is 13.1 Å². The summed E-state index contributed by atoms with van der Waals surface area (Å²) in [5.41, 5.74) is 1.03. The van der Waals surface area contributed by atoms with Crippen molar-refractivity contribution in [2.24, 2.45) is 7.05 Å². The monoisotopic (exact) mass is 383 g/mol. The highest BCUT2D eigenvalue weighted by atomic mass is 32.2. The lowest BCUT2D eigenvalue weighted by molar-refractivity contribution is -0.113. The first-order valence-electron chi connectivity index (χ1n) is 7.63. The van der Waals surface area contributed by atoms with Crippen LogP contribution in [0.2, 0.25) is 0 Å². The number of aryl methyl sites for hydroxylation is 2. The summed E-state index contributed by atoms with van der Waals surface area (Å²) in [5, 5.41) is 11.5. The molecule has 1 heterocycles. The van der Waals surface area contributed by atoms with Crippen LogP contribution in [0.25, 0.3) is 0 Å². The molecule has 0 unspecified atom stereocenters. The van der Waals surface area contributed by atoms with Gasteiger partial charge in [-0.15, -0.1) is 10.2 Å². The minimum Gasteiger partial charge on any atom is -0.325 e. The molecule has 2 aromatic rings. The van der Waals surface area contributed by atoms with Crippen LogP contribution in [0.4, 0.5) is 5.69 Å². The summed E-state index contributed by atoms with van der Waals surface area (Å²) >= 11 is 1.27. The fourth-order valence-electron chi connectivity index (χ4n) is 2.18. The van der Waals surface area contributed by atoms with Gasteiger partial charge in [0.05, 0.1) is 10.6 Å². The summed E-state index contributed by atoms with van der Waals surface area (Å²) in [4.78, 5) is 12.3. The standard InChI is InChI=1S/C15H21N5O3S2/c1-5-13-18-19-15(20(13)4)24-9-14(21)17-11-7-6-10(2)12(8-11)25(22,23)16-3/h6-8,16H,5,9H2,1-4H3,(H,17,21). The van der Waals surface area contributed by atoms with Crippen molar-refractivity contribution in [3.63, 3.8) is 0 Å². The second kappa shape index (κ2) is 7.98. The normalized spacial score (nSPS) is 11.5. The van der Waals surface area contributed by atoms with Gasteiger partial charge in [-0.3, -0.25) is 4.79 Å². The van der Waals surface area contributed by atoms with Crippen LogP contribution in [-0.4, -0.2) is 41.9 Å². The molecule has 2 rings (SSSR count). The van der Waals surface area contributed by atoms with Gasteiger partial charge in [0.2, 0.25) is 15.9 Å². The van der Waals surface area contributed by atoms with Gasteiger partial charge >= 0.3 is 0 Å². The summed E-state index contributed by atoms with van der Waals surface area (Å²) in [7, 11) is -0.372. The number of anilines is 1. The molecule has 136 valence electrons. The molecule has 1 aromatic carbocycles. The molecule has 25 heavy (non-hydrogen) atoms. The Balaban J connectivity index is 2.05. The second-order valence-electron chi connectivity index (χ2n) is 5.34. The van der Waals surface area contributed by atoms with E-state index in [9.17, 15) is 13.2 Å². The molecule has 0 spiro atoms. The van der Waals surface area contributed by atoms with E-state index in [1.807, 2.05) is 18.5 Å². The summed E-state index contributed by atoms with van der Waals surface area (Å²) in [5.74, 6) is 0.753. The second-order valence-corrected chi connectivity index (χ2v) is 8.13. The highest BCUT2D eigenvalue weighted by molar-refractivity contribution is 7.99. The Morgan fingerprint density at radius 2 is 2.04 bits per heavy atom. The molecule has 0 saturated carbocycles. The lowest BCUT2D eigenvalue weighted by atomic mass is 10.2. The van der Waals surface area contributed by atoms with E-state index in [1.165, 1.54) is 24.9 Å². The first-order valence-corrected chi connectivity index (χ1v) is 10.1. The third-order valence-electron chi connectivity index (χ3n) is 3.60. The Morgan fingerprint density at radius 3 is 2.64 bits per heavy atom. The molecule has 10 heteroatoms. The maximum absolute atomic E-state index is 12.1. The van der Waals surface area contributed by atoms with Crippen LogP contribution in [-0.2, 0) is 28.3 Å². The number of amides is 1. The number of nitrogens with one attached hydrogen (secondary N) is 2. The van der Waals surface area contributed by atoms with Crippen LogP contribution in [0.15, 0.2) is 28.3 Å². The summed E-state index contributed by atoms with van der Waals surface area (Å²) < 4.78 is 28.1. The van der Waals surface area contributed by atoms with Gasteiger partial charge in [-0.1, -0.05) is 24.8 Å². The van der Waals surface area contributed by atoms with E-state index in [2.05, 4.69) is 20.2 Å². The lowest BCUT2D eigenvalue weighted by Crippen LogP contribution is -2.20. The third-order valence-corrected chi connectivity index (χ3v) is 6.18. The first-order chi connectivity index (χ1) is 11.8. The van der Waals surface area contributed by atoms with Crippen LogP contribution in [0.5, 0.6) is 0 Å². The maximum atomic E-state index is 12.1. The zero-order valence-corrected chi connectivity index (χ0v) is 16.2. The Morgan fingerprint density at radius 1 is 1.32 bits per heavy atom. The highest BCUT2D eigenvalue weighted by Crippen LogP contribution is 2.21. The third kappa shape index (κ3) is 4.59. The molecule has 0 atom stereocenters. The predicted molar refractivity (Wildman–Crippen MR) is 97.2 cm³/mol. The maximum Gasteiger partial charge on any atom is 0.240 e. The highest BCUT2D eigenvalue weighted by Gasteiger charge is 2.16. The lowest BCUT2D eigenvalue weighted by Gasteiger charge is -2.10. The quantitative estimate of drug-likeness (QED) is 0.699. The summed E-state index contributed by atoms with van der Waals surface area (Å²) in [6, 6.07) is 4.77. The van der Waals surface area contributed by atoms with Crippen molar-refractivity contribution in [2.75, 3.05) is 18.1 Å². The first kappa shape index (κ1) is 19.4. The van der Waals surface area contributed by atoms with Crippen molar-refractivity contribution in [3.8, 4) is 0 Å². The number of rotatable bonds is 7. The molecular weight excluding hydrogens is 362 g/mol. The number of sulfonamides is 1. The van der Waals surface area contributed by atoms with Crippen molar-refractivity contribution in [2.45, 2.75) is 30.3 Å². The summed E-state index contributed by atoms with van der Waals surface area (Å²) in [6.07, 6.45) is 0.766. The minimum atomic E-state index is -3.58. The molecule has 1 amide bonds. The van der Waals surface area contributed by atoms with Gasteiger partial charge in [0, 0.05) is 19.2 Å². The molecule has 0 fully saturated rings. The van der Waals surface area contributed by atoms with Gasteiger partial charge in [0.15, 0.2) is 5.16 Å². The topological polar surface area (TPSA) is 106 Å². The van der Waals surface area contributed by atoms with E-state index < -0.39 is 10.0 Å². The van der Waals surface area contributed by atoms with Gasteiger partial charge in [0.1, 0.15) is 5.82 Å². The molecular formula is C15H21N5O3S2. The molecule has 0 aliphatic carbocycles. The smallest absolute Gasteiger partial charge is 0.240 e.